The van der Waals surface area contributed by atoms with E-state index < -0.39 is 0 Å². The van der Waals surface area contributed by atoms with E-state index in [1.165, 1.54) is 5.56 Å². The quantitative estimate of drug-likeness (QED) is 0.467. The minimum atomic E-state index is -0.165. The van der Waals surface area contributed by atoms with Crippen molar-refractivity contribution >= 4 is 11.6 Å². The maximum atomic E-state index is 13.4. The van der Waals surface area contributed by atoms with Crippen LogP contribution in [0.25, 0.3) is 0 Å². The molecule has 2 aliphatic rings. The number of ether oxygens (including phenoxy) is 1. The summed E-state index contributed by atoms with van der Waals surface area (Å²) >= 11 is 0. The molecule has 0 bridgehead atoms. The summed E-state index contributed by atoms with van der Waals surface area (Å²) in [5.74, 6) is 1.16. The van der Waals surface area contributed by atoms with Crippen LogP contribution < -0.4 is 4.74 Å². The Labute approximate surface area is 197 Å². The van der Waals surface area contributed by atoms with Gasteiger partial charge in [0.1, 0.15) is 17.3 Å². The molecule has 0 aromatic heterocycles. The summed E-state index contributed by atoms with van der Waals surface area (Å²) in [5.41, 5.74) is 2.75. The van der Waals surface area contributed by atoms with Crippen LogP contribution in [0.5, 0.6) is 11.5 Å². The molecule has 2 aromatic carbocycles. The van der Waals surface area contributed by atoms with E-state index in [9.17, 15) is 14.7 Å². The highest BCUT2D eigenvalue weighted by atomic mass is 16.5. The monoisotopic (exact) mass is 448 g/mol. The summed E-state index contributed by atoms with van der Waals surface area (Å²) < 4.78 is 6.20. The fraction of sp³-hybridized carbons (Fsp3) is 0.517. The molecular formula is C29H36O4. The zero-order chi connectivity index (χ0) is 23.4. The Hall–Kier alpha value is -2.62. The van der Waals surface area contributed by atoms with Crippen LogP contribution in [0.3, 0.4) is 0 Å². The van der Waals surface area contributed by atoms with E-state index in [0.29, 0.717) is 24.2 Å². The highest BCUT2D eigenvalue weighted by Crippen LogP contribution is 2.51. The molecule has 0 amide bonds. The average Bonchev–Trinajstić information content (AvgIpc) is 2.79. The molecule has 0 spiro atoms. The summed E-state index contributed by atoms with van der Waals surface area (Å²) in [6.07, 6.45) is 8.31. The Balaban J connectivity index is 1.49. The summed E-state index contributed by atoms with van der Waals surface area (Å²) in [6.45, 7) is 3.65. The van der Waals surface area contributed by atoms with Crippen molar-refractivity contribution in [3.63, 3.8) is 0 Å². The zero-order valence-electron chi connectivity index (χ0n) is 19.9. The number of carbonyl (C=O) groups is 2. The molecule has 0 aliphatic heterocycles. The molecule has 1 fully saturated rings. The van der Waals surface area contributed by atoms with Crippen LogP contribution in [0.2, 0.25) is 0 Å². The SMILES string of the molecule is CC(=O)CC[C@@H]1C(=O)c2c(O)cc(OC(C)CCCc3ccccc3)cc2[C@H]2CCCC[C@@H]12. The molecule has 1 N–H and O–H groups in total. The van der Waals surface area contributed by atoms with Gasteiger partial charge in [0.15, 0.2) is 5.78 Å². The summed E-state index contributed by atoms with van der Waals surface area (Å²) in [7, 11) is 0. The second kappa shape index (κ2) is 10.5. The molecule has 33 heavy (non-hydrogen) atoms. The average molecular weight is 449 g/mol. The van der Waals surface area contributed by atoms with Crippen molar-refractivity contribution in [2.45, 2.75) is 83.7 Å². The van der Waals surface area contributed by atoms with Crippen molar-refractivity contribution in [1.82, 2.24) is 0 Å². The van der Waals surface area contributed by atoms with Crippen LogP contribution in [0.4, 0.5) is 0 Å². The van der Waals surface area contributed by atoms with Gasteiger partial charge in [0.05, 0.1) is 11.7 Å². The fourth-order valence-electron chi connectivity index (χ4n) is 5.89. The molecule has 2 aromatic rings. The van der Waals surface area contributed by atoms with Gasteiger partial charge >= 0.3 is 0 Å². The first-order valence-corrected chi connectivity index (χ1v) is 12.5. The number of phenolic OH excluding ortho intramolecular Hbond substituents is 1. The number of carbonyl (C=O) groups excluding carboxylic acids is 2. The number of hydrogen-bond acceptors (Lipinski definition) is 4. The van der Waals surface area contributed by atoms with Crippen LogP contribution in [0.1, 0.15) is 92.6 Å². The van der Waals surface area contributed by atoms with Crippen molar-refractivity contribution < 1.29 is 19.4 Å². The first-order valence-electron chi connectivity index (χ1n) is 12.5. The maximum absolute atomic E-state index is 13.4. The molecule has 1 unspecified atom stereocenters. The Kier molecular flexibility index (Phi) is 7.52. The van der Waals surface area contributed by atoms with Gasteiger partial charge in [-0.25, -0.2) is 0 Å². The van der Waals surface area contributed by atoms with Crippen LogP contribution in [0, 0.1) is 11.8 Å². The van der Waals surface area contributed by atoms with Crippen molar-refractivity contribution in [2.75, 3.05) is 0 Å². The van der Waals surface area contributed by atoms with Crippen LogP contribution in [-0.2, 0) is 11.2 Å². The molecule has 2 aliphatic carbocycles. The summed E-state index contributed by atoms with van der Waals surface area (Å²) in [4.78, 5) is 25.0. The van der Waals surface area contributed by atoms with E-state index >= 15 is 0 Å². The topological polar surface area (TPSA) is 63.6 Å². The van der Waals surface area contributed by atoms with Gasteiger partial charge in [-0.3, -0.25) is 4.79 Å². The summed E-state index contributed by atoms with van der Waals surface area (Å²) in [6, 6.07) is 14.1. The summed E-state index contributed by atoms with van der Waals surface area (Å²) in [5, 5.41) is 10.9. The largest absolute Gasteiger partial charge is 0.507 e. The number of benzene rings is 2. The first kappa shape index (κ1) is 23.5. The van der Waals surface area contributed by atoms with Crippen molar-refractivity contribution in [2.24, 2.45) is 11.8 Å². The van der Waals surface area contributed by atoms with Gasteiger partial charge in [-0.1, -0.05) is 43.2 Å². The van der Waals surface area contributed by atoms with E-state index in [4.69, 9.17) is 4.74 Å². The molecule has 4 atom stereocenters. The molecule has 1 saturated carbocycles. The minimum absolute atomic E-state index is 0.00867. The lowest BCUT2D eigenvalue weighted by molar-refractivity contribution is -0.117. The Morgan fingerprint density at radius 1 is 1.15 bits per heavy atom. The molecular weight excluding hydrogens is 412 g/mol. The molecule has 0 heterocycles. The van der Waals surface area contributed by atoms with Gasteiger partial charge < -0.3 is 14.6 Å². The van der Waals surface area contributed by atoms with Crippen LogP contribution in [-0.4, -0.2) is 22.8 Å². The van der Waals surface area contributed by atoms with Crippen molar-refractivity contribution in [1.29, 1.82) is 0 Å². The molecule has 4 nitrogen and oxygen atoms in total. The second-order valence-corrected chi connectivity index (χ2v) is 9.98. The number of rotatable bonds is 9. The van der Waals surface area contributed by atoms with Crippen LogP contribution in [0.15, 0.2) is 42.5 Å². The first-order chi connectivity index (χ1) is 15.9. The molecule has 0 saturated heterocycles. The highest BCUT2D eigenvalue weighted by Gasteiger charge is 2.44. The van der Waals surface area contributed by atoms with Crippen molar-refractivity contribution in [3.8, 4) is 11.5 Å². The molecule has 176 valence electrons. The Morgan fingerprint density at radius 3 is 2.67 bits per heavy atom. The Morgan fingerprint density at radius 2 is 1.91 bits per heavy atom. The molecule has 4 heteroatoms. The van der Waals surface area contributed by atoms with Gasteiger partial charge in [0.25, 0.3) is 0 Å². The fourth-order valence-corrected chi connectivity index (χ4v) is 5.89. The third-order valence-electron chi connectivity index (χ3n) is 7.50. The maximum Gasteiger partial charge on any atom is 0.170 e. The van der Waals surface area contributed by atoms with Gasteiger partial charge in [-0.2, -0.15) is 0 Å². The number of aryl methyl sites for hydroxylation is 1. The lowest BCUT2D eigenvalue weighted by Crippen LogP contribution is -2.37. The van der Waals surface area contributed by atoms with E-state index in [1.807, 2.05) is 12.1 Å². The highest BCUT2D eigenvalue weighted by molar-refractivity contribution is 6.03. The van der Waals surface area contributed by atoms with Crippen molar-refractivity contribution in [3.05, 3.63) is 59.2 Å². The normalized spacial score (nSPS) is 22.8. The number of aromatic hydroxyl groups is 1. The molecule has 0 radical (unpaired) electrons. The number of Topliss-reactive ketones (excluding diaryl/α,β-unsaturated/α-hetero) is 2. The van der Waals surface area contributed by atoms with Gasteiger partial charge in [-0.15, -0.1) is 0 Å². The third-order valence-corrected chi connectivity index (χ3v) is 7.50. The number of phenols is 1. The van der Waals surface area contributed by atoms with Gasteiger partial charge in [0, 0.05) is 18.4 Å². The number of fused-ring (bicyclic) bond motifs is 3. The number of hydrogen-bond donors (Lipinski definition) is 1. The van der Waals surface area contributed by atoms with Gasteiger partial charge in [-0.05, 0) is 81.4 Å². The van der Waals surface area contributed by atoms with E-state index in [0.717, 1.165) is 50.5 Å². The van der Waals surface area contributed by atoms with E-state index in [-0.39, 0.29) is 41.2 Å². The Bertz CT molecular complexity index is 981. The third kappa shape index (κ3) is 5.48. The number of ketones is 2. The minimum Gasteiger partial charge on any atom is -0.507 e. The van der Waals surface area contributed by atoms with Gasteiger partial charge in [0.2, 0.25) is 0 Å². The van der Waals surface area contributed by atoms with E-state index in [2.05, 4.69) is 31.2 Å². The smallest absolute Gasteiger partial charge is 0.170 e. The zero-order valence-corrected chi connectivity index (χ0v) is 19.9. The standard InChI is InChI=1S/C29H36O4/c1-19(30)15-16-25-23-13-6-7-14-24(23)26-17-22(18-27(31)28(26)29(25)32)33-20(2)9-8-12-21-10-4-3-5-11-21/h3-5,10-11,17-18,20,23-25,31H,6-9,12-16H2,1-2H3/t20?,23-,24+,25+/m1/s1. The lowest BCUT2D eigenvalue weighted by Gasteiger charge is -2.42. The predicted molar refractivity (Wildman–Crippen MR) is 130 cm³/mol. The second-order valence-electron chi connectivity index (χ2n) is 9.98. The lowest BCUT2D eigenvalue weighted by atomic mass is 9.61. The van der Waals surface area contributed by atoms with Crippen LogP contribution >= 0.6 is 0 Å². The predicted octanol–water partition coefficient (Wildman–Crippen LogP) is 6.64. The van der Waals surface area contributed by atoms with E-state index in [1.54, 1.807) is 13.0 Å². The molecule has 4 rings (SSSR count).